The van der Waals surface area contributed by atoms with Gasteiger partial charge in [-0.25, -0.2) is 4.79 Å². The average Bonchev–Trinajstić information content (AvgIpc) is 3.29. The van der Waals surface area contributed by atoms with Crippen LogP contribution in [0.15, 0.2) is 54.6 Å². The Balaban J connectivity index is 1.21. The molecule has 3 saturated heterocycles. The van der Waals surface area contributed by atoms with Gasteiger partial charge in [-0.05, 0) is 36.6 Å². The SMILES string of the molecule is O=C1NC2(CCN(C(=O)Nc3cccc(Cl)c3)CC2)[C@H]2CN(Cc3ccccc3)C[C@@H]12. The van der Waals surface area contributed by atoms with Gasteiger partial charge in [0.15, 0.2) is 0 Å². The summed E-state index contributed by atoms with van der Waals surface area (Å²) in [6.45, 7) is 3.88. The van der Waals surface area contributed by atoms with Crippen molar-refractivity contribution in [2.45, 2.75) is 24.9 Å². The van der Waals surface area contributed by atoms with Gasteiger partial charge < -0.3 is 15.5 Å². The van der Waals surface area contributed by atoms with Gasteiger partial charge in [-0.1, -0.05) is 48.0 Å². The highest BCUT2D eigenvalue weighted by Gasteiger charge is 2.57. The minimum absolute atomic E-state index is 0.0514. The van der Waals surface area contributed by atoms with Crippen molar-refractivity contribution in [1.82, 2.24) is 15.1 Å². The Kier molecular flexibility index (Phi) is 5.36. The van der Waals surface area contributed by atoms with Crippen LogP contribution in [-0.4, -0.2) is 53.5 Å². The quantitative estimate of drug-likeness (QED) is 0.769. The molecular formula is C24H27ClN4O2. The van der Waals surface area contributed by atoms with Crippen molar-refractivity contribution in [2.24, 2.45) is 11.8 Å². The Labute approximate surface area is 187 Å². The summed E-state index contributed by atoms with van der Waals surface area (Å²) < 4.78 is 0. The maximum Gasteiger partial charge on any atom is 0.321 e. The van der Waals surface area contributed by atoms with Gasteiger partial charge >= 0.3 is 6.03 Å². The lowest BCUT2D eigenvalue weighted by Gasteiger charge is -2.42. The zero-order valence-electron chi connectivity index (χ0n) is 17.4. The summed E-state index contributed by atoms with van der Waals surface area (Å²) in [6, 6.07) is 17.5. The molecule has 0 saturated carbocycles. The third kappa shape index (κ3) is 4.02. The second-order valence-electron chi connectivity index (χ2n) is 8.97. The number of rotatable bonds is 3. The molecule has 3 fully saturated rings. The predicted octanol–water partition coefficient (Wildman–Crippen LogP) is 3.58. The van der Waals surface area contributed by atoms with Gasteiger partial charge in [0.2, 0.25) is 5.91 Å². The number of hydrogen-bond donors (Lipinski definition) is 2. The van der Waals surface area contributed by atoms with E-state index in [1.807, 2.05) is 23.1 Å². The van der Waals surface area contributed by atoms with Crippen LogP contribution in [0.1, 0.15) is 18.4 Å². The highest BCUT2D eigenvalue weighted by atomic mass is 35.5. The number of carbonyl (C=O) groups is 2. The van der Waals surface area contributed by atoms with Crippen molar-refractivity contribution in [1.29, 1.82) is 0 Å². The molecular weight excluding hydrogens is 412 g/mol. The van der Waals surface area contributed by atoms with Crippen LogP contribution in [0.25, 0.3) is 0 Å². The van der Waals surface area contributed by atoms with Crippen LogP contribution in [0.2, 0.25) is 5.02 Å². The molecule has 3 aliphatic rings. The van der Waals surface area contributed by atoms with E-state index in [-0.39, 0.29) is 23.4 Å². The summed E-state index contributed by atoms with van der Waals surface area (Å²) in [4.78, 5) is 29.7. The summed E-state index contributed by atoms with van der Waals surface area (Å²) in [5.41, 5.74) is 1.78. The number of nitrogens with one attached hydrogen (secondary N) is 2. The molecule has 3 aliphatic heterocycles. The summed E-state index contributed by atoms with van der Waals surface area (Å²) in [7, 11) is 0. The smallest absolute Gasteiger partial charge is 0.321 e. The number of hydrogen-bond acceptors (Lipinski definition) is 3. The third-order valence-corrected chi connectivity index (χ3v) is 7.32. The van der Waals surface area contributed by atoms with Crippen LogP contribution in [0.5, 0.6) is 0 Å². The number of urea groups is 1. The van der Waals surface area contributed by atoms with E-state index < -0.39 is 0 Å². The van der Waals surface area contributed by atoms with E-state index in [1.165, 1.54) is 5.56 Å². The number of amides is 3. The Morgan fingerprint density at radius 1 is 1.10 bits per heavy atom. The molecule has 3 heterocycles. The molecule has 2 aromatic rings. The molecule has 2 N–H and O–H groups in total. The maximum absolute atomic E-state index is 12.8. The van der Waals surface area contributed by atoms with Crippen LogP contribution in [0.4, 0.5) is 10.5 Å². The minimum Gasteiger partial charge on any atom is -0.350 e. The number of carbonyl (C=O) groups excluding carboxylic acids is 2. The van der Waals surface area contributed by atoms with Crippen molar-refractivity contribution in [3.63, 3.8) is 0 Å². The number of likely N-dealkylation sites (tertiary alicyclic amines) is 2. The van der Waals surface area contributed by atoms with E-state index in [0.29, 0.717) is 29.7 Å². The van der Waals surface area contributed by atoms with Crippen molar-refractivity contribution < 1.29 is 9.59 Å². The molecule has 2 aromatic carbocycles. The Hall–Kier alpha value is -2.57. The molecule has 6 nitrogen and oxygen atoms in total. The number of halogens is 1. The molecule has 162 valence electrons. The van der Waals surface area contributed by atoms with Crippen LogP contribution >= 0.6 is 11.6 Å². The number of piperidine rings is 1. The van der Waals surface area contributed by atoms with Crippen molar-refractivity contribution in [3.8, 4) is 0 Å². The highest BCUT2D eigenvalue weighted by Crippen LogP contribution is 2.44. The highest BCUT2D eigenvalue weighted by molar-refractivity contribution is 6.30. The molecule has 0 aromatic heterocycles. The van der Waals surface area contributed by atoms with Gasteiger partial charge in [0.1, 0.15) is 0 Å². The van der Waals surface area contributed by atoms with E-state index in [1.54, 1.807) is 12.1 Å². The predicted molar refractivity (Wildman–Crippen MR) is 121 cm³/mol. The van der Waals surface area contributed by atoms with E-state index in [4.69, 9.17) is 11.6 Å². The zero-order chi connectivity index (χ0) is 21.4. The Morgan fingerprint density at radius 2 is 1.87 bits per heavy atom. The fourth-order valence-electron chi connectivity index (χ4n) is 5.49. The first kappa shape index (κ1) is 20.3. The van der Waals surface area contributed by atoms with E-state index in [0.717, 1.165) is 32.5 Å². The van der Waals surface area contributed by atoms with Gasteiger partial charge in [-0.2, -0.15) is 0 Å². The standard InChI is InChI=1S/C24H27ClN4O2/c25-18-7-4-8-19(13-18)26-23(31)29-11-9-24(10-12-29)21-16-28(15-20(21)22(30)27-24)14-17-5-2-1-3-6-17/h1-8,13,20-21H,9-12,14-16H2,(H,26,31)(H,27,30)/t20-,21+/m1/s1. The molecule has 0 radical (unpaired) electrons. The van der Waals surface area contributed by atoms with Crippen LogP contribution in [0, 0.1) is 11.8 Å². The topological polar surface area (TPSA) is 64.7 Å². The number of fused-ring (bicyclic) bond motifs is 2. The van der Waals surface area contributed by atoms with Gasteiger partial charge in [-0.3, -0.25) is 9.69 Å². The fourth-order valence-corrected chi connectivity index (χ4v) is 5.68. The average molecular weight is 439 g/mol. The summed E-state index contributed by atoms with van der Waals surface area (Å²) in [6.07, 6.45) is 1.59. The summed E-state index contributed by atoms with van der Waals surface area (Å²) in [5, 5.41) is 6.85. The van der Waals surface area contributed by atoms with Crippen molar-refractivity contribution >= 4 is 29.2 Å². The first-order valence-corrected chi connectivity index (χ1v) is 11.3. The van der Waals surface area contributed by atoms with E-state index in [9.17, 15) is 9.59 Å². The minimum atomic E-state index is -0.194. The van der Waals surface area contributed by atoms with E-state index in [2.05, 4.69) is 39.8 Å². The van der Waals surface area contributed by atoms with Crippen LogP contribution < -0.4 is 10.6 Å². The van der Waals surface area contributed by atoms with Gasteiger partial charge in [-0.15, -0.1) is 0 Å². The lowest BCUT2D eigenvalue weighted by Crippen LogP contribution is -2.56. The summed E-state index contributed by atoms with van der Waals surface area (Å²) in [5.74, 6) is 0.537. The fraction of sp³-hybridized carbons (Fsp3) is 0.417. The lowest BCUT2D eigenvalue weighted by molar-refractivity contribution is -0.123. The van der Waals surface area contributed by atoms with Gasteiger partial charge in [0.05, 0.1) is 5.92 Å². The molecule has 7 heteroatoms. The largest absolute Gasteiger partial charge is 0.350 e. The molecule has 0 bridgehead atoms. The molecule has 3 amide bonds. The first-order valence-electron chi connectivity index (χ1n) is 10.9. The number of nitrogens with zero attached hydrogens (tertiary/aromatic N) is 2. The Bertz CT molecular complexity index is 975. The van der Waals surface area contributed by atoms with Crippen molar-refractivity contribution in [3.05, 3.63) is 65.2 Å². The molecule has 5 rings (SSSR count). The van der Waals surface area contributed by atoms with Crippen LogP contribution in [-0.2, 0) is 11.3 Å². The maximum atomic E-state index is 12.8. The monoisotopic (exact) mass is 438 g/mol. The number of benzene rings is 2. The van der Waals surface area contributed by atoms with Gasteiger partial charge in [0.25, 0.3) is 0 Å². The molecule has 1 spiro atoms. The van der Waals surface area contributed by atoms with Gasteiger partial charge in [0, 0.05) is 54.9 Å². The summed E-state index contributed by atoms with van der Waals surface area (Å²) >= 11 is 6.02. The second kappa shape index (κ2) is 8.17. The third-order valence-electron chi connectivity index (χ3n) is 7.08. The molecule has 2 atom stereocenters. The normalized spacial score (nSPS) is 24.8. The Morgan fingerprint density at radius 3 is 2.61 bits per heavy atom. The molecule has 31 heavy (non-hydrogen) atoms. The first-order chi connectivity index (χ1) is 15.0. The lowest BCUT2D eigenvalue weighted by atomic mass is 9.75. The molecule has 0 aliphatic carbocycles. The molecule has 0 unspecified atom stereocenters. The van der Waals surface area contributed by atoms with Crippen molar-refractivity contribution in [2.75, 3.05) is 31.5 Å². The number of anilines is 1. The van der Waals surface area contributed by atoms with Crippen LogP contribution in [0.3, 0.4) is 0 Å². The van der Waals surface area contributed by atoms with E-state index >= 15 is 0 Å². The second-order valence-corrected chi connectivity index (χ2v) is 9.40. The zero-order valence-corrected chi connectivity index (χ0v) is 18.1.